The summed E-state index contributed by atoms with van der Waals surface area (Å²) in [5.74, 6) is -0.175. The fraction of sp³-hybridized carbons (Fsp3) is 0.370. The fourth-order valence-corrected chi connectivity index (χ4v) is 6.03. The van der Waals surface area contributed by atoms with Crippen LogP contribution in [0.25, 0.3) is 22.0 Å². The van der Waals surface area contributed by atoms with Crippen LogP contribution < -0.4 is 14.8 Å². The second-order valence-corrected chi connectivity index (χ2v) is 12.8. The van der Waals surface area contributed by atoms with Crippen LogP contribution >= 0.6 is 11.3 Å². The lowest BCUT2D eigenvalue weighted by Gasteiger charge is -2.36. The van der Waals surface area contributed by atoms with Gasteiger partial charge in [0.25, 0.3) is 12.4 Å². The summed E-state index contributed by atoms with van der Waals surface area (Å²) in [6.07, 6.45) is 4.27. The first-order valence-corrected chi connectivity index (χ1v) is 16.1. The topological polar surface area (TPSA) is 183 Å². The van der Waals surface area contributed by atoms with Crippen molar-refractivity contribution in [2.45, 2.75) is 26.4 Å². The number of piperazine rings is 1. The number of carbonyl (C=O) groups is 2. The molecule has 0 saturated carbocycles. The van der Waals surface area contributed by atoms with E-state index >= 15 is 0 Å². The van der Waals surface area contributed by atoms with Gasteiger partial charge in [0, 0.05) is 54.7 Å². The zero-order chi connectivity index (χ0) is 31.1. The van der Waals surface area contributed by atoms with Crippen molar-refractivity contribution in [2.75, 3.05) is 49.6 Å². The Balaban J connectivity index is 0.00000135. The van der Waals surface area contributed by atoms with Crippen LogP contribution in [0.15, 0.2) is 36.0 Å². The van der Waals surface area contributed by atoms with Gasteiger partial charge in [-0.1, -0.05) is 0 Å². The Hall–Kier alpha value is -4.12. The van der Waals surface area contributed by atoms with Crippen LogP contribution in [0.3, 0.4) is 0 Å². The highest BCUT2D eigenvalue weighted by Gasteiger charge is 2.21. The number of nitrogens with one attached hydrogen (secondary N) is 3. The van der Waals surface area contributed by atoms with Crippen molar-refractivity contribution in [3.8, 4) is 17.0 Å². The molecule has 1 aromatic carbocycles. The van der Waals surface area contributed by atoms with Gasteiger partial charge in [0.05, 0.1) is 37.3 Å². The number of aromatic amines is 1. The summed E-state index contributed by atoms with van der Waals surface area (Å²) in [6.45, 7) is 8.93. The second-order valence-electron chi connectivity index (χ2n) is 10.1. The van der Waals surface area contributed by atoms with Crippen LogP contribution in [-0.2, 0) is 21.4 Å². The number of H-pyrrole nitrogens is 1. The van der Waals surface area contributed by atoms with Crippen molar-refractivity contribution >= 4 is 56.0 Å². The highest BCUT2D eigenvalue weighted by molar-refractivity contribution is 7.92. The molecule has 1 amide bonds. The average Bonchev–Trinajstić information content (AvgIpc) is 3.63. The molecule has 4 aromatic rings. The van der Waals surface area contributed by atoms with Gasteiger partial charge in [0.15, 0.2) is 0 Å². The van der Waals surface area contributed by atoms with E-state index in [1.54, 1.807) is 29.9 Å². The number of ether oxygens (including phenoxy) is 1. The monoisotopic (exact) mass is 630 g/mol. The predicted molar refractivity (Wildman–Crippen MR) is 165 cm³/mol. The van der Waals surface area contributed by atoms with E-state index in [0.29, 0.717) is 34.1 Å². The molecule has 1 saturated heterocycles. The van der Waals surface area contributed by atoms with Crippen LogP contribution in [0, 0.1) is 0 Å². The van der Waals surface area contributed by atoms with Gasteiger partial charge in [0.2, 0.25) is 15.9 Å². The number of sulfonamides is 1. The van der Waals surface area contributed by atoms with E-state index in [9.17, 15) is 13.2 Å². The number of benzene rings is 1. The van der Waals surface area contributed by atoms with Gasteiger partial charge < -0.3 is 15.2 Å². The minimum Gasteiger partial charge on any atom is -0.483 e. The normalized spacial score (nSPS) is 14.3. The molecule has 0 radical (unpaired) electrons. The van der Waals surface area contributed by atoms with Gasteiger partial charge in [-0.25, -0.2) is 18.4 Å². The summed E-state index contributed by atoms with van der Waals surface area (Å²) in [5.41, 5.74) is 3.11. The first-order chi connectivity index (χ1) is 20.5. The Morgan fingerprint density at radius 2 is 1.86 bits per heavy atom. The van der Waals surface area contributed by atoms with E-state index in [1.807, 2.05) is 6.07 Å². The molecule has 1 aliphatic heterocycles. The zero-order valence-electron chi connectivity index (χ0n) is 24.2. The van der Waals surface area contributed by atoms with E-state index in [0.717, 1.165) is 49.4 Å². The van der Waals surface area contributed by atoms with Crippen molar-refractivity contribution in [2.24, 2.45) is 0 Å². The number of thiazole rings is 1. The Kier molecular flexibility index (Phi) is 10.3. The molecule has 14 nitrogen and oxygen atoms in total. The van der Waals surface area contributed by atoms with Gasteiger partial charge in [0.1, 0.15) is 16.4 Å². The number of hydrogen-bond donors (Lipinski definition) is 4. The van der Waals surface area contributed by atoms with Gasteiger partial charge in [-0.3, -0.25) is 29.2 Å². The van der Waals surface area contributed by atoms with Crippen LogP contribution in [0.4, 0.5) is 11.4 Å². The summed E-state index contributed by atoms with van der Waals surface area (Å²) >= 11 is 1.48. The number of methoxy groups -OCH3 is 1. The summed E-state index contributed by atoms with van der Waals surface area (Å²) < 4.78 is 31.3. The molecular formula is C27H34N8O6S2. The first-order valence-electron chi connectivity index (χ1n) is 13.3. The van der Waals surface area contributed by atoms with Crippen molar-refractivity contribution in [3.05, 3.63) is 46.7 Å². The molecule has 0 bridgehead atoms. The van der Waals surface area contributed by atoms with Crippen molar-refractivity contribution in [3.63, 3.8) is 0 Å². The Morgan fingerprint density at radius 1 is 1.16 bits per heavy atom. The Bertz CT molecular complexity index is 1680. The average molecular weight is 631 g/mol. The molecule has 0 atom stereocenters. The van der Waals surface area contributed by atoms with E-state index < -0.39 is 10.0 Å². The SMILES string of the molecule is COc1ncc(-c2cc(NC(=O)c3csc(CN4CCN(C(C)C)CC4)n3)c3cn[nH]c3c2)cc1NS(C)(=O)=O.O=CO. The minimum atomic E-state index is -3.56. The lowest BCUT2D eigenvalue weighted by molar-refractivity contribution is -0.122. The molecular weight excluding hydrogens is 596 g/mol. The lowest BCUT2D eigenvalue weighted by Crippen LogP contribution is -2.48. The highest BCUT2D eigenvalue weighted by atomic mass is 32.2. The van der Waals surface area contributed by atoms with Crippen LogP contribution in [0.1, 0.15) is 29.3 Å². The van der Waals surface area contributed by atoms with Crippen LogP contribution in [-0.4, -0.2) is 101 Å². The van der Waals surface area contributed by atoms with Gasteiger partial charge in [-0.15, -0.1) is 11.3 Å². The van der Waals surface area contributed by atoms with E-state index in [4.69, 9.17) is 14.6 Å². The third-order valence-electron chi connectivity index (χ3n) is 6.76. The number of nitrogens with zero attached hydrogens (tertiary/aromatic N) is 5. The van der Waals surface area contributed by atoms with E-state index in [-0.39, 0.29) is 23.9 Å². The molecule has 4 N–H and O–H groups in total. The van der Waals surface area contributed by atoms with Crippen molar-refractivity contribution in [1.82, 2.24) is 30.0 Å². The van der Waals surface area contributed by atoms with Crippen molar-refractivity contribution < 1.29 is 27.9 Å². The number of anilines is 2. The molecule has 5 rings (SSSR count). The van der Waals surface area contributed by atoms with Crippen LogP contribution in [0.2, 0.25) is 0 Å². The molecule has 16 heteroatoms. The fourth-order valence-electron chi connectivity index (χ4n) is 4.67. The van der Waals surface area contributed by atoms with E-state index in [2.05, 4.69) is 53.9 Å². The standard InChI is InChI=1S/C26H32N8O4S2.CH2O2/c1-16(2)34-7-5-33(6-8-34)14-24-29-23(15-39-24)25(35)30-20-9-17(10-21-19(20)13-28-31-21)18-11-22(32-40(4,36)37)26(38-3)27-12-18;2-1-3/h9-13,15-16,32H,5-8,14H2,1-4H3,(H,28,31)(H,30,35);1H,(H,2,3). The molecule has 3 aromatic heterocycles. The maximum absolute atomic E-state index is 13.2. The maximum Gasteiger partial charge on any atom is 0.290 e. The second kappa shape index (κ2) is 13.9. The molecule has 0 unspecified atom stereocenters. The molecule has 1 fully saturated rings. The minimum absolute atomic E-state index is 0.145. The van der Waals surface area contributed by atoms with Crippen molar-refractivity contribution in [1.29, 1.82) is 0 Å². The smallest absolute Gasteiger partial charge is 0.290 e. The van der Waals surface area contributed by atoms with Gasteiger partial charge in [-0.05, 0) is 37.6 Å². The van der Waals surface area contributed by atoms with Gasteiger partial charge in [-0.2, -0.15) is 5.10 Å². The van der Waals surface area contributed by atoms with Gasteiger partial charge >= 0.3 is 0 Å². The third kappa shape index (κ3) is 8.25. The third-order valence-corrected chi connectivity index (χ3v) is 8.18. The quantitative estimate of drug-likeness (QED) is 0.200. The molecule has 4 heterocycles. The summed E-state index contributed by atoms with van der Waals surface area (Å²) in [7, 11) is -2.14. The largest absolute Gasteiger partial charge is 0.483 e. The molecule has 1 aliphatic rings. The number of carbonyl (C=O) groups excluding carboxylic acids is 1. The van der Waals surface area contributed by atoms with E-state index in [1.165, 1.54) is 18.4 Å². The number of carboxylic acid groups (broad SMARTS) is 1. The molecule has 230 valence electrons. The number of pyridine rings is 1. The number of fused-ring (bicyclic) bond motifs is 1. The Labute approximate surface area is 253 Å². The first kappa shape index (κ1) is 31.8. The Morgan fingerprint density at radius 3 is 2.51 bits per heavy atom. The molecule has 0 aliphatic carbocycles. The molecule has 43 heavy (non-hydrogen) atoms. The number of aromatic nitrogens is 4. The predicted octanol–water partition coefficient (Wildman–Crippen LogP) is 2.94. The number of amides is 1. The van der Waals surface area contributed by atoms with Crippen LogP contribution in [0.5, 0.6) is 5.88 Å². The zero-order valence-corrected chi connectivity index (χ0v) is 25.8. The highest BCUT2D eigenvalue weighted by Crippen LogP contribution is 2.33. The number of hydrogen-bond acceptors (Lipinski definition) is 11. The summed E-state index contributed by atoms with van der Waals surface area (Å²) in [4.78, 5) is 35.3. The lowest BCUT2D eigenvalue weighted by atomic mass is 10.0. The maximum atomic E-state index is 13.2. The summed E-state index contributed by atoms with van der Waals surface area (Å²) in [6, 6.07) is 5.82. The summed E-state index contributed by atoms with van der Waals surface area (Å²) in [5, 5.41) is 20.3. The number of rotatable bonds is 9. The molecule has 0 spiro atoms.